The van der Waals surface area contributed by atoms with Gasteiger partial charge in [0, 0.05) is 134 Å². The number of nitrogens with one attached hydrogen (secondary N) is 2. The first kappa shape index (κ1) is 111. The van der Waals surface area contributed by atoms with Crippen molar-refractivity contribution in [1.82, 2.24) is 10.6 Å². The number of hydrogen-bond donors (Lipinski definition) is 2. The summed E-state index contributed by atoms with van der Waals surface area (Å²) in [6, 6.07) is 36.6. The smallest absolute Gasteiger partial charge is 0.723 e. The van der Waals surface area contributed by atoms with Gasteiger partial charge in [0.1, 0.15) is 47.1 Å². The van der Waals surface area contributed by atoms with Crippen molar-refractivity contribution in [1.29, 1.82) is 0 Å². The third-order valence-corrected chi connectivity index (χ3v) is 29.7. The molecule has 0 spiro atoms. The molecule has 5 aromatic carbocycles. The van der Waals surface area contributed by atoms with Crippen LogP contribution in [-0.2, 0) is 125 Å². The predicted molar refractivity (Wildman–Crippen MR) is 488 cm³/mol. The summed E-state index contributed by atoms with van der Waals surface area (Å²) in [5.41, 5.74) is 1.61. The number of carbonyl (C=O) groups excluding carboxylic acids is 9. The Bertz CT molecular complexity index is 4940. The molecule has 10 rings (SSSR count). The van der Waals surface area contributed by atoms with Gasteiger partial charge in [-0.05, 0) is 173 Å². The molecule has 5 fully saturated rings. The molecule has 694 valence electrons. The van der Waals surface area contributed by atoms with E-state index in [2.05, 4.69) is 51.9 Å². The fraction of sp³-hybridized carbons (Fsp3) is 0.589. The van der Waals surface area contributed by atoms with Gasteiger partial charge in [-0.3, -0.25) is 42.9 Å². The fourth-order valence-corrected chi connectivity index (χ4v) is 22.2. The number of benzene rings is 5. The predicted octanol–water partition coefficient (Wildman–Crippen LogP) is 12.4. The maximum atomic E-state index is 13.6. The van der Waals surface area contributed by atoms with E-state index >= 15 is 0 Å². The summed E-state index contributed by atoms with van der Waals surface area (Å²) in [6.07, 6.45) is 22.2. The number of amides is 2. The van der Waals surface area contributed by atoms with E-state index in [0.717, 1.165) is 139 Å². The van der Waals surface area contributed by atoms with Crippen LogP contribution in [0.3, 0.4) is 0 Å². The Kier molecular flexibility index (Phi) is 48.4. The van der Waals surface area contributed by atoms with Gasteiger partial charge in [-0.25, -0.2) is 33.7 Å². The molecule has 2 N–H and O–H groups in total. The van der Waals surface area contributed by atoms with Gasteiger partial charge >= 0.3 is 26.5 Å². The van der Waals surface area contributed by atoms with Gasteiger partial charge in [0.2, 0.25) is 11.8 Å². The first-order valence-corrected chi connectivity index (χ1v) is 53.5. The van der Waals surface area contributed by atoms with E-state index in [1.807, 2.05) is 134 Å². The maximum Gasteiger partial charge on any atom is 1.00 e. The third-order valence-electron chi connectivity index (χ3n) is 22.7. The number of fused-ring (bicyclic) bond motifs is 2. The maximum absolute atomic E-state index is 13.6. The summed E-state index contributed by atoms with van der Waals surface area (Å²) < 4.78 is 118. The van der Waals surface area contributed by atoms with Crippen LogP contribution in [-0.4, -0.2) is 154 Å². The van der Waals surface area contributed by atoms with E-state index in [0.29, 0.717) is 69.4 Å². The molecule has 1 saturated heterocycles. The van der Waals surface area contributed by atoms with E-state index in [1.54, 1.807) is 19.9 Å². The molecular weight excluding hydrogens is 1700 g/mol. The van der Waals surface area contributed by atoms with Crippen molar-refractivity contribution >= 4 is 121 Å². The van der Waals surface area contributed by atoms with Crippen molar-refractivity contribution in [2.24, 2.45) is 71.0 Å². The van der Waals surface area contributed by atoms with Crippen LogP contribution >= 0.6 is 7.60 Å². The molecular formula is C95H136LiN2O23PS4. The van der Waals surface area contributed by atoms with Crippen molar-refractivity contribution in [3.05, 3.63) is 155 Å². The number of rotatable bonds is 41. The van der Waals surface area contributed by atoms with Gasteiger partial charge in [-0.2, -0.15) is 0 Å². The Hall–Kier alpha value is -6.84. The molecule has 4 saturated carbocycles. The second-order valence-corrected chi connectivity index (χ2v) is 45.9. The van der Waals surface area contributed by atoms with Gasteiger partial charge < -0.3 is 39.4 Å². The van der Waals surface area contributed by atoms with Crippen LogP contribution in [0, 0.1) is 71.0 Å². The minimum absolute atomic E-state index is 0. The van der Waals surface area contributed by atoms with Gasteiger partial charge in [-0.15, -0.1) is 0 Å². The van der Waals surface area contributed by atoms with Gasteiger partial charge in [0.05, 0.1) is 25.9 Å². The first-order chi connectivity index (χ1) is 58.7. The molecule has 5 aromatic rings. The number of aldehydes is 1. The zero-order valence-corrected chi connectivity index (χ0v) is 80.6. The molecule has 4 aliphatic carbocycles. The minimum atomic E-state index is -3.43. The molecule has 5 aliphatic rings. The third kappa shape index (κ3) is 41.9. The molecule has 14 atom stereocenters. The van der Waals surface area contributed by atoms with E-state index in [1.165, 1.54) is 17.7 Å². The van der Waals surface area contributed by atoms with E-state index in [4.69, 9.17) is 13.8 Å². The number of hydrogen-bond acceptors (Lipinski definition) is 23. The van der Waals surface area contributed by atoms with Gasteiger partial charge in [-0.1, -0.05) is 183 Å². The summed E-state index contributed by atoms with van der Waals surface area (Å²) in [5.74, 6) is -0.451. The van der Waals surface area contributed by atoms with Crippen LogP contribution in [0.2, 0.25) is 0 Å². The largest absolute Gasteiger partial charge is 1.00 e. The van der Waals surface area contributed by atoms with E-state index < -0.39 is 87.9 Å². The van der Waals surface area contributed by atoms with E-state index in [-0.39, 0.29) is 146 Å². The Balaban J connectivity index is 0.000000349. The van der Waals surface area contributed by atoms with Crippen LogP contribution in [0.4, 0.5) is 0 Å². The van der Waals surface area contributed by atoms with Crippen LogP contribution in [0.5, 0.6) is 0 Å². The average Bonchev–Trinajstić information content (AvgIpc) is 1.61. The van der Waals surface area contributed by atoms with Crippen molar-refractivity contribution in [3.63, 3.8) is 0 Å². The quantitative estimate of drug-likeness (QED) is 0.00916. The number of allylic oxidation sites excluding steroid dienone is 1. The van der Waals surface area contributed by atoms with Gasteiger partial charge in [0.25, 0.3) is 0 Å². The van der Waals surface area contributed by atoms with Gasteiger partial charge in [0.15, 0.2) is 50.3 Å². The normalized spacial score (nSPS) is 20.3. The molecule has 31 heteroatoms. The number of Topliss-reactive ketones (excluding diaryl/α,β-unsaturated/α-hetero) is 6. The summed E-state index contributed by atoms with van der Waals surface area (Å²) in [4.78, 5) is 115. The average molecular weight is 1840 g/mol. The standard InChI is InChI=1S/C31H41NO6S.C31H41NO5S.C11H18O3S.C9H14O2.C7H8O2.C6H15O5PS.Li/c1-19(2)15-24(18-28(34)20(3)16-22-11-7-10-21-9-5-6-13-25(21)22)30(35)32-26(17-23-12-8-14-27(23)33)29-31(38-29)39(4,36)37;1-21(2)17-26(20-30(34)22(3)18-24-11-7-10-23-9-5-6-13-28(23)24)31(35)32-27(15-16-38(4,36)37)19-25-12-8-14-29(25)33;1-9(6-7-15(2,13)14)8-10-4-3-5-11(10)12;1-7(6-10)5-8-3-2-4-9(8)11;8-9-6-7-4-2-1-3-5-7;1-4-10-12(7,11-5-2)6-13(3,8)9;/h5-7,9-11,13,19-20,23-24,26,29,31H,8,12,14-18H2,1-4H3,(H,32,35);5-7,9-11,13,15-16,21-22,25-27H,8,12,14,17-20H2,1-4H3,(H,32,35);6-7,9-10H,3-5,8H2,1-2H3;6-8H,2-5H2,1H3;1-5,8H,6H2;4-6H2,1-3H3;/q;;;;;;+1/p-1/b;16-15+;7-6+;;;;/t20-,23-,24+,26-,29?,31?;22-,25-,26+,27+;9-,10+;7-,8-;;;/m0010.../s1. The van der Waals surface area contributed by atoms with Crippen molar-refractivity contribution in [2.45, 2.75) is 241 Å². The van der Waals surface area contributed by atoms with Crippen molar-refractivity contribution < 1.29 is 124 Å². The molecule has 0 bridgehead atoms. The number of ether oxygens (including phenoxy) is 1. The van der Waals surface area contributed by atoms with Crippen LogP contribution in [0.1, 0.15) is 214 Å². The Morgan fingerprint density at radius 1 is 0.516 bits per heavy atom. The molecule has 2 amide bonds. The number of carbonyl (C=O) groups is 9. The Morgan fingerprint density at radius 2 is 0.905 bits per heavy atom. The molecule has 126 heavy (non-hydrogen) atoms. The van der Waals surface area contributed by atoms with Crippen molar-refractivity contribution in [3.8, 4) is 0 Å². The summed E-state index contributed by atoms with van der Waals surface area (Å²) in [5, 5.41) is 22.4. The van der Waals surface area contributed by atoms with Crippen molar-refractivity contribution in [2.75, 3.05) is 43.7 Å². The topological polar surface area (TPSA) is 395 Å². The van der Waals surface area contributed by atoms with Crippen LogP contribution < -0.4 is 34.8 Å². The second kappa shape index (κ2) is 54.7. The van der Waals surface area contributed by atoms with Crippen LogP contribution in [0.15, 0.2) is 138 Å². The zero-order valence-electron chi connectivity index (χ0n) is 76.4. The number of sulfone groups is 4. The molecule has 1 heterocycles. The van der Waals surface area contributed by atoms with E-state index in [9.17, 15) is 86.6 Å². The molecule has 0 radical (unpaired) electrons. The molecule has 0 aromatic heterocycles. The van der Waals surface area contributed by atoms with Crippen LogP contribution in [0.25, 0.3) is 21.5 Å². The molecule has 25 nitrogen and oxygen atoms in total. The zero-order chi connectivity index (χ0) is 93.0. The monoisotopic (exact) mass is 1840 g/mol. The summed E-state index contributed by atoms with van der Waals surface area (Å²) in [7, 11) is -16.6. The summed E-state index contributed by atoms with van der Waals surface area (Å²) >= 11 is 0. The second-order valence-electron chi connectivity index (χ2n) is 35.3. The molecule has 2 unspecified atom stereocenters. The number of epoxide rings is 1. The molecule has 1 aliphatic heterocycles. The fourth-order valence-electron chi connectivity index (χ4n) is 16.4. The summed E-state index contributed by atoms with van der Waals surface area (Å²) in [6.45, 7) is 19.5. The first-order valence-electron chi connectivity index (χ1n) is 43.9. The minimum Gasteiger partial charge on any atom is -0.723 e. The Labute approximate surface area is 761 Å². The number of ketones is 6. The SMILES string of the molecule is CC(C)C[C@H](CC(=O)[C@@H](C)Cc1cccc2ccccc12)C(=O)N[C@@H](C[C@@H]1CCCC1=O)C1OC1S(C)(=O)=O.CC(C)C[C@H](CC(=O)[C@@H](C)Cc1cccc2ccccc12)C(=O)N[C@H](/C=C/S(C)(=O)=O)C[C@@H]1CCCC1=O.CCOP(=O)(CS(C)(=O)=O)OCC.C[C@H](/C=C/S(C)(=O)=O)C[C@@H]1CCCC1=O.C[C@H](C=O)C[C@@H]1CCCC1=O.[Li+].[O-]OCc1ccccc1. The Morgan fingerprint density at radius 3 is 1.28 bits per heavy atom.